The molecular weight excluding hydrogens is 256 g/mol. The quantitative estimate of drug-likeness (QED) is 0.699. The van der Waals surface area contributed by atoms with E-state index in [1.54, 1.807) is 35.4 Å². The lowest BCUT2D eigenvalue weighted by Gasteiger charge is -2.11. The van der Waals surface area contributed by atoms with Gasteiger partial charge in [0.2, 0.25) is 0 Å². The maximum absolute atomic E-state index is 8.93. The number of imidazole rings is 1. The second kappa shape index (κ2) is 5.18. The van der Waals surface area contributed by atoms with E-state index in [4.69, 9.17) is 15.6 Å². The normalized spacial score (nSPS) is 10.8. The van der Waals surface area contributed by atoms with Crippen LogP contribution in [0.2, 0.25) is 0 Å². The van der Waals surface area contributed by atoms with E-state index in [-0.39, 0.29) is 13.2 Å². The summed E-state index contributed by atoms with van der Waals surface area (Å²) < 4.78 is 7.38. The fourth-order valence-corrected chi connectivity index (χ4v) is 2.00. The van der Waals surface area contributed by atoms with Crippen LogP contribution in [0, 0.1) is 0 Å². The number of nitrogens with two attached hydrogens (primary N) is 1. The van der Waals surface area contributed by atoms with Gasteiger partial charge in [0.05, 0.1) is 12.1 Å². The van der Waals surface area contributed by atoms with Gasteiger partial charge in [-0.15, -0.1) is 0 Å². The summed E-state index contributed by atoms with van der Waals surface area (Å²) in [7, 11) is 0. The highest BCUT2D eigenvalue weighted by molar-refractivity contribution is 5.88. The zero-order valence-corrected chi connectivity index (χ0v) is 10.7. The minimum Gasteiger partial charge on any atom is -0.490 e. The van der Waals surface area contributed by atoms with E-state index >= 15 is 0 Å². The van der Waals surface area contributed by atoms with Gasteiger partial charge in [0.25, 0.3) is 0 Å². The summed E-state index contributed by atoms with van der Waals surface area (Å²) >= 11 is 0. The molecule has 0 spiro atoms. The lowest BCUT2D eigenvalue weighted by Crippen LogP contribution is -2.04. The van der Waals surface area contributed by atoms with Crippen LogP contribution in [0.1, 0.15) is 0 Å². The Morgan fingerprint density at radius 1 is 1.30 bits per heavy atom. The van der Waals surface area contributed by atoms with Crippen molar-refractivity contribution in [3.05, 3.63) is 43.0 Å². The molecule has 0 radical (unpaired) electrons. The van der Waals surface area contributed by atoms with E-state index in [0.717, 1.165) is 10.9 Å². The molecule has 0 saturated heterocycles. The molecule has 2 aromatic heterocycles. The van der Waals surface area contributed by atoms with E-state index in [0.29, 0.717) is 17.3 Å². The molecule has 0 aliphatic carbocycles. The lowest BCUT2D eigenvalue weighted by atomic mass is 10.2. The molecule has 6 heteroatoms. The van der Waals surface area contributed by atoms with Gasteiger partial charge in [-0.05, 0) is 18.2 Å². The lowest BCUT2D eigenvalue weighted by molar-refractivity contribution is 0.202. The Balaban J connectivity index is 2.17. The Labute approximate surface area is 115 Å². The van der Waals surface area contributed by atoms with Crippen LogP contribution in [0.5, 0.6) is 5.75 Å². The van der Waals surface area contributed by atoms with Gasteiger partial charge in [-0.1, -0.05) is 0 Å². The van der Waals surface area contributed by atoms with Gasteiger partial charge in [-0.2, -0.15) is 0 Å². The molecule has 102 valence electrons. The summed E-state index contributed by atoms with van der Waals surface area (Å²) in [5, 5.41) is 9.75. The topological polar surface area (TPSA) is 86.2 Å². The molecule has 0 bridgehead atoms. The smallest absolute Gasteiger partial charge is 0.142 e. The van der Waals surface area contributed by atoms with E-state index in [1.807, 2.05) is 12.1 Å². The number of benzene rings is 1. The SMILES string of the molecule is Nc1ccc2nc(-n3ccnc3)cc(OCCO)c2c1. The molecule has 0 saturated carbocycles. The number of fused-ring (bicyclic) bond motifs is 1. The molecule has 0 atom stereocenters. The molecule has 0 aliphatic rings. The predicted octanol–water partition coefficient (Wildman–Crippen LogP) is 1.37. The number of aliphatic hydroxyl groups is 1. The monoisotopic (exact) mass is 270 g/mol. The van der Waals surface area contributed by atoms with E-state index in [9.17, 15) is 0 Å². The average molecular weight is 270 g/mol. The third kappa shape index (κ3) is 2.28. The van der Waals surface area contributed by atoms with Crippen LogP contribution in [0.4, 0.5) is 5.69 Å². The number of aromatic nitrogens is 3. The van der Waals surface area contributed by atoms with Crippen LogP contribution in [-0.4, -0.2) is 32.9 Å². The highest BCUT2D eigenvalue weighted by atomic mass is 16.5. The second-order valence-corrected chi connectivity index (χ2v) is 4.30. The Hall–Kier alpha value is -2.60. The van der Waals surface area contributed by atoms with Gasteiger partial charge in [0.15, 0.2) is 0 Å². The number of aliphatic hydroxyl groups excluding tert-OH is 1. The average Bonchev–Trinajstić information content (AvgIpc) is 2.99. The molecule has 0 unspecified atom stereocenters. The van der Waals surface area contributed by atoms with Crippen molar-refractivity contribution in [3.8, 4) is 11.6 Å². The van der Waals surface area contributed by atoms with Crippen LogP contribution in [-0.2, 0) is 0 Å². The van der Waals surface area contributed by atoms with Crippen molar-refractivity contribution in [2.75, 3.05) is 18.9 Å². The van der Waals surface area contributed by atoms with Gasteiger partial charge in [-0.3, -0.25) is 4.57 Å². The summed E-state index contributed by atoms with van der Waals surface area (Å²) in [4.78, 5) is 8.56. The van der Waals surface area contributed by atoms with Crippen molar-refractivity contribution in [2.24, 2.45) is 0 Å². The number of hydrogen-bond donors (Lipinski definition) is 2. The third-order valence-corrected chi connectivity index (χ3v) is 2.90. The number of nitrogens with zero attached hydrogens (tertiary/aromatic N) is 3. The van der Waals surface area contributed by atoms with Gasteiger partial charge < -0.3 is 15.6 Å². The first-order valence-corrected chi connectivity index (χ1v) is 6.20. The Morgan fingerprint density at radius 3 is 2.95 bits per heavy atom. The van der Waals surface area contributed by atoms with E-state index in [1.165, 1.54) is 0 Å². The first-order chi connectivity index (χ1) is 9.78. The molecule has 0 amide bonds. The number of nitrogen functional groups attached to an aromatic ring is 1. The first kappa shape index (κ1) is 12.4. The first-order valence-electron chi connectivity index (χ1n) is 6.20. The molecule has 3 rings (SSSR count). The van der Waals surface area contributed by atoms with Gasteiger partial charge in [0.1, 0.15) is 24.5 Å². The Kier molecular flexibility index (Phi) is 3.22. The number of ether oxygens (including phenoxy) is 1. The van der Waals surface area contributed by atoms with Crippen molar-refractivity contribution in [1.29, 1.82) is 0 Å². The van der Waals surface area contributed by atoms with Crippen molar-refractivity contribution >= 4 is 16.6 Å². The molecule has 6 nitrogen and oxygen atoms in total. The molecule has 1 aromatic carbocycles. The third-order valence-electron chi connectivity index (χ3n) is 2.90. The minimum absolute atomic E-state index is 0.0491. The van der Waals surface area contributed by atoms with Crippen molar-refractivity contribution in [2.45, 2.75) is 0 Å². The summed E-state index contributed by atoms with van der Waals surface area (Å²) in [5.74, 6) is 1.34. The van der Waals surface area contributed by atoms with Crippen molar-refractivity contribution < 1.29 is 9.84 Å². The number of rotatable bonds is 4. The van der Waals surface area contributed by atoms with Gasteiger partial charge in [-0.25, -0.2) is 9.97 Å². The summed E-state index contributed by atoms with van der Waals surface area (Å²) in [6.07, 6.45) is 5.16. The minimum atomic E-state index is -0.0491. The van der Waals surface area contributed by atoms with Crippen molar-refractivity contribution in [3.63, 3.8) is 0 Å². The zero-order chi connectivity index (χ0) is 13.9. The Bertz CT molecular complexity index is 725. The maximum Gasteiger partial charge on any atom is 0.142 e. The number of pyridine rings is 1. The highest BCUT2D eigenvalue weighted by Gasteiger charge is 2.08. The van der Waals surface area contributed by atoms with Crippen LogP contribution in [0.25, 0.3) is 16.7 Å². The molecule has 0 aliphatic heterocycles. The molecule has 3 aromatic rings. The summed E-state index contributed by atoms with van der Waals surface area (Å²) in [6, 6.07) is 7.26. The fourth-order valence-electron chi connectivity index (χ4n) is 2.00. The molecule has 20 heavy (non-hydrogen) atoms. The highest BCUT2D eigenvalue weighted by Crippen LogP contribution is 2.28. The van der Waals surface area contributed by atoms with E-state index < -0.39 is 0 Å². The Morgan fingerprint density at radius 2 is 2.20 bits per heavy atom. The number of anilines is 1. The molecular formula is C14H14N4O2. The molecule has 0 fully saturated rings. The maximum atomic E-state index is 8.93. The molecule has 2 heterocycles. The van der Waals surface area contributed by atoms with E-state index in [2.05, 4.69) is 9.97 Å². The standard InChI is InChI=1S/C14H14N4O2/c15-10-1-2-12-11(7-10)13(20-6-5-19)8-14(17-12)18-4-3-16-9-18/h1-4,7-9,19H,5-6,15H2. The van der Waals surface area contributed by atoms with Gasteiger partial charge >= 0.3 is 0 Å². The second-order valence-electron chi connectivity index (χ2n) is 4.30. The van der Waals surface area contributed by atoms with Gasteiger partial charge in [0, 0.05) is 29.5 Å². The summed E-state index contributed by atoms with van der Waals surface area (Å²) in [6.45, 7) is 0.170. The van der Waals surface area contributed by atoms with Crippen LogP contribution >= 0.6 is 0 Å². The van der Waals surface area contributed by atoms with Crippen LogP contribution in [0.3, 0.4) is 0 Å². The summed E-state index contributed by atoms with van der Waals surface area (Å²) in [5.41, 5.74) is 7.22. The van der Waals surface area contributed by atoms with Crippen LogP contribution < -0.4 is 10.5 Å². The molecule has 3 N–H and O–H groups in total. The fraction of sp³-hybridized carbons (Fsp3) is 0.143. The van der Waals surface area contributed by atoms with Crippen molar-refractivity contribution in [1.82, 2.24) is 14.5 Å². The zero-order valence-electron chi connectivity index (χ0n) is 10.7. The predicted molar refractivity (Wildman–Crippen MR) is 75.9 cm³/mol. The largest absolute Gasteiger partial charge is 0.490 e. The van der Waals surface area contributed by atoms with Crippen LogP contribution in [0.15, 0.2) is 43.0 Å². The number of hydrogen-bond acceptors (Lipinski definition) is 5.